The number of aromatic hydroxyl groups is 5. The quantitative estimate of drug-likeness (QED) is 0.0196. The lowest BCUT2D eigenvalue weighted by atomic mass is 10.00. The van der Waals surface area contributed by atoms with Crippen LogP contribution in [0.5, 0.6) is 40.2 Å². The Morgan fingerprint density at radius 1 is 0.685 bits per heavy atom. The van der Waals surface area contributed by atoms with Crippen LogP contribution < -0.4 is 10.1 Å². The van der Waals surface area contributed by atoms with E-state index in [0.29, 0.717) is 22.0 Å². The van der Waals surface area contributed by atoms with Crippen LogP contribution in [0.15, 0.2) is 154 Å². The summed E-state index contributed by atoms with van der Waals surface area (Å²) in [6.07, 6.45) is 0.967. The van der Waals surface area contributed by atoms with Gasteiger partial charge in [0.15, 0.2) is 52.9 Å². The van der Waals surface area contributed by atoms with Crippen molar-refractivity contribution in [1.29, 1.82) is 0 Å². The number of phenolic OH excluding ortho intramolecular Hbond substituents is 5. The zero-order valence-corrected chi connectivity index (χ0v) is 50.1. The van der Waals surface area contributed by atoms with Crippen molar-refractivity contribution in [2.24, 2.45) is 20.0 Å². The van der Waals surface area contributed by atoms with Crippen molar-refractivity contribution in [2.45, 2.75) is 49.1 Å². The molecule has 7 aromatic carbocycles. The van der Waals surface area contributed by atoms with Gasteiger partial charge in [0, 0.05) is 42.6 Å². The number of amides is 2. The maximum Gasteiger partial charge on any atom is 0.333 e. The number of carbonyl (C=O) groups is 4. The molecule has 10 rings (SSSR count). The van der Waals surface area contributed by atoms with Gasteiger partial charge in [-0.15, -0.1) is 0 Å². The molecule has 28 heteroatoms. The second kappa shape index (κ2) is 26.9. The number of carboxylic acid groups (broad SMARTS) is 1. The topological polar surface area (TPSA) is 360 Å². The van der Waals surface area contributed by atoms with Gasteiger partial charge in [-0.2, -0.15) is 0 Å². The van der Waals surface area contributed by atoms with Crippen LogP contribution in [0, 0.1) is 0 Å². The Labute approximate surface area is 533 Å². The Balaban J connectivity index is 1.23. The molecule has 0 aliphatic carbocycles. The van der Waals surface area contributed by atoms with E-state index in [1.165, 1.54) is 67.7 Å². The summed E-state index contributed by atoms with van der Waals surface area (Å²) in [7, 11) is 1.21. The van der Waals surface area contributed by atoms with Gasteiger partial charge in [0.1, 0.15) is 23.6 Å². The summed E-state index contributed by atoms with van der Waals surface area (Å²) in [4.78, 5) is 77.3. The monoisotopic (exact) mass is 1330 g/mol. The fourth-order valence-electron chi connectivity index (χ4n) is 9.45. The number of aliphatic hydroxyl groups is 4. The highest BCUT2D eigenvalue weighted by Crippen LogP contribution is 2.41. The summed E-state index contributed by atoms with van der Waals surface area (Å²) in [5.74, 6) is -12.0. The van der Waals surface area contributed by atoms with Crippen LogP contribution in [-0.4, -0.2) is 127 Å². The summed E-state index contributed by atoms with van der Waals surface area (Å²) in [5.41, 5.74) is 0.594. The highest BCUT2D eigenvalue weighted by atomic mass is 35.5. The Morgan fingerprint density at radius 3 is 1.90 bits per heavy atom. The van der Waals surface area contributed by atoms with E-state index < -0.39 is 126 Å². The molecule has 2 aliphatic heterocycles. The Morgan fingerprint density at radius 2 is 1.28 bits per heavy atom. The number of phenols is 5. The van der Waals surface area contributed by atoms with Crippen LogP contribution in [0.2, 0.25) is 30.1 Å². The van der Waals surface area contributed by atoms with Gasteiger partial charge in [0.25, 0.3) is 11.8 Å². The number of para-hydroxylation sites is 1. The SMILES string of the molecule is CN1C(=O)[C@@H](c2cc(Cl)c(O)c(Cl)c2)N=C(O)[C@H](N=C(O)[C@@H](N=C(O)[C@H](Cc2c[nH]c3ccccc23)NC(=O)C(=O)c2cc(Cl)c(O)c(Cl)c2)c2cc(Cl)c(O)c(Cl)c2)c2ccc(O)c(c2)Oc2ccc(cc2)C[C@H]1C(O)=N[C@@H](C(=O)O)c1ccc(O)cc1. The van der Waals surface area contributed by atoms with Crippen LogP contribution in [0.1, 0.15) is 67.9 Å². The van der Waals surface area contributed by atoms with Gasteiger partial charge in [0.2, 0.25) is 29.4 Å². The summed E-state index contributed by atoms with van der Waals surface area (Å²) in [6.45, 7) is 0. The maximum atomic E-state index is 15.4. The van der Waals surface area contributed by atoms with Crippen molar-refractivity contribution in [2.75, 3.05) is 7.05 Å². The lowest BCUT2D eigenvalue weighted by Crippen LogP contribution is -2.46. The first-order valence-electron chi connectivity index (χ1n) is 26.1. The number of benzene rings is 7. The lowest BCUT2D eigenvalue weighted by Gasteiger charge is -2.30. The summed E-state index contributed by atoms with van der Waals surface area (Å²) < 4.78 is 6.12. The van der Waals surface area contributed by atoms with E-state index in [0.717, 1.165) is 47.4 Å². The van der Waals surface area contributed by atoms with Crippen molar-refractivity contribution in [1.82, 2.24) is 15.2 Å². The van der Waals surface area contributed by atoms with Crippen molar-refractivity contribution in [3.63, 3.8) is 0 Å². The molecule has 458 valence electrons. The number of Topliss-reactive ketones (excluding diaryl/α,β-unsaturated/α-hetero) is 1. The number of carboxylic acids is 1. The number of aromatic nitrogens is 1. The Kier molecular flexibility index (Phi) is 19.4. The first kappa shape index (κ1) is 64.1. The van der Waals surface area contributed by atoms with Crippen molar-refractivity contribution in [3.8, 4) is 40.2 Å². The van der Waals surface area contributed by atoms with E-state index in [1.54, 1.807) is 30.5 Å². The molecule has 1 aromatic heterocycles. The molecule has 2 aliphatic rings. The number of fused-ring (bicyclic) bond motifs is 9. The van der Waals surface area contributed by atoms with E-state index in [-0.39, 0.29) is 68.0 Å². The van der Waals surface area contributed by atoms with E-state index in [9.17, 15) is 65.4 Å². The van der Waals surface area contributed by atoms with Crippen LogP contribution in [0.4, 0.5) is 0 Å². The molecule has 89 heavy (non-hydrogen) atoms. The van der Waals surface area contributed by atoms with Gasteiger partial charge >= 0.3 is 5.97 Å². The summed E-state index contributed by atoms with van der Waals surface area (Å²) in [5, 5.41) is 113. The second-order valence-electron chi connectivity index (χ2n) is 20.0. The number of likely N-dealkylation sites (N-methyl/N-ethyl adjacent to an activating group) is 1. The average Bonchev–Trinajstić information content (AvgIpc) is 2.25. The number of hydrogen-bond acceptors (Lipinski definition) is 14. The molecule has 0 radical (unpaired) electrons. The number of aromatic amines is 1. The van der Waals surface area contributed by atoms with Gasteiger partial charge in [0.05, 0.1) is 30.1 Å². The third-order valence-corrected chi connectivity index (χ3v) is 15.8. The summed E-state index contributed by atoms with van der Waals surface area (Å²) >= 11 is 38.0. The Bertz CT molecular complexity index is 4170. The molecule has 6 atom stereocenters. The van der Waals surface area contributed by atoms with Crippen LogP contribution in [0.25, 0.3) is 10.9 Å². The van der Waals surface area contributed by atoms with E-state index >= 15 is 4.79 Å². The smallest absolute Gasteiger partial charge is 0.333 e. The van der Waals surface area contributed by atoms with Crippen molar-refractivity contribution >= 4 is 128 Å². The first-order valence-corrected chi connectivity index (χ1v) is 28.4. The number of hydrogen-bond donors (Lipinski definition) is 12. The fourth-order valence-corrected chi connectivity index (χ4v) is 10.9. The van der Waals surface area contributed by atoms with Crippen LogP contribution >= 0.6 is 69.6 Å². The minimum atomic E-state index is -2.03. The summed E-state index contributed by atoms with van der Waals surface area (Å²) in [6, 6.07) is 16.7. The average molecular weight is 1330 g/mol. The zero-order chi connectivity index (χ0) is 64.3. The molecule has 4 bridgehead atoms. The molecule has 12 N–H and O–H groups in total. The zero-order valence-electron chi connectivity index (χ0n) is 45.6. The molecular weight excluding hydrogens is 1280 g/mol. The second-order valence-corrected chi connectivity index (χ2v) is 22.4. The largest absolute Gasteiger partial charge is 0.508 e. The van der Waals surface area contributed by atoms with E-state index in [1.807, 2.05) is 0 Å². The number of aliphatic carboxylic acids is 1. The number of halogens is 6. The predicted molar refractivity (Wildman–Crippen MR) is 334 cm³/mol. The Hall–Kier alpha value is -9.42. The minimum absolute atomic E-state index is 0.0278. The third-order valence-electron chi connectivity index (χ3n) is 14.1. The number of nitrogens with one attached hydrogen (secondary N) is 2. The molecule has 0 spiro atoms. The molecule has 0 saturated heterocycles. The van der Waals surface area contributed by atoms with Gasteiger partial charge < -0.3 is 71.0 Å². The van der Waals surface area contributed by atoms with Gasteiger partial charge in [-0.05, 0) is 112 Å². The highest BCUT2D eigenvalue weighted by molar-refractivity contribution is 6.45. The number of rotatable bonds is 15. The standard InChI is InChI=1S/C61H47Cl6N7O15/c1-74-44(56(82)73-50(61(87)88)27-8-11-33(75)12-9-27)16-26-6-13-34(14-7-26)89-46-24-28(10-15-45(46)76)47(57(83)72-49(60(74)86)30-19-38(64)53(79)39(65)20-30)71-58(84)48(29-17-36(62)52(78)37(63)18-29)70-55(81)43(23-32-25-68-42-5-3-2-4-35(32)42)69-59(85)51(77)31-21-40(66)54(80)41(67)22-31/h2-15,17-22,24-25,43-44,47-50,68,75-76,78-80H,16,23H2,1H3,(H,69,85)(H,70,81)(H,71,84)(H,72,83)(H,73,82)(H,87,88)/t43-,44-,47+,48-,49+,50+/m0/s1. The predicted octanol–water partition coefficient (Wildman–Crippen LogP) is 12.6. The number of aliphatic imine (C=N–C) groups is 4. The number of nitrogens with zero attached hydrogens (tertiary/aromatic N) is 5. The third kappa shape index (κ3) is 14.3. The molecule has 0 unspecified atom stereocenters. The number of ether oxygens (including phenoxy) is 1. The normalized spacial score (nSPS) is 17.0. The molecule has 0 fully saturated rings. The number of H-pyrrole nitrogens is 1. The molecule has 0 saturated carbocycles. The molecule has 22 nitrogen and oxygen atoms in total. The number of aliphatic hydroxyl groups excluding tert-OH is 4. The highest BCUT2D eigenvalue weighted by Gasteiger charge is 2.36. The lowest BCUT2D eigenvalue weighted by molar-refractivity contribution is -0.138. The number of carbonyl (C=O) groups excluding carboxylic acids is 3. The van der Waals surface area contributed by atoms with Crippen LogP contribution in [-0.2, 0) is 27.2 Å². The number of ketones is 1. The molecule has 2 amide bonds. The molecule has 3 heterocycles. The fraction of sp³-hybridized carbons (Fsp3) is 0.148. The maximum absolute atomic E-state index is 15.4. The molecule has 8 aromatic rings. The minimum Gasteiger partial charge on any atom is -0.508 e. The molecular formula is C61H47Cl6N7O15. The van der Waals surface area contributed by atoms with E-state index in [2.05, 4.69) is 30.3 Å². The van der Waals surface area contributed by atoms with Crippen LogP contribution in [0.3, 0.4) is 0 Å². The van der Waals surface area contributed by atoms with E-state index in [4.69, 9.17) is 74.3 Å². The van der Waals surface area contributed by atoms with Gasteiger partial charge in [-0.1, -0.05) is 118 Å². The first-order chi connectivity index (χ1) is 42.3. The van der Waals surface area contributed by atoms with Gasteiger partial charge in [-0.3, -0.25) is 14.4 Å². The van der Waals surface area contributed by atoms with Crippen molar-refractivity contribution < 1.29 is 75.0 Å². The van der Waals surface area contributed by atoms with Crippen molar-refractivity contribution in [3.05, 3.63) is 203 Å². The van der Waals surface area contributed by atoms with Gasteiger partial charge in [-0.25, -0.2) is 24.8 Å².